The number of rotatable bonds is 6. The minimum Gasteiger partial charge on any atom is -0.451 e. The SMILES string of the molecule is N#CC1(NC(=O)C2(NC(=O)c3cc4ccc(-c5ccc(C6=NCC(=O)N6)cc5)cc4o3)CCC(F)(F)CC2)CC1. The molecule has 0 unspecified atom stereocenters. The van der Waals surface area contributed by atoms with E-state index in [1.54, 1.807) is 18.2 Å². The first-order chi connectivity index (χ1) is 19.1. The van der Waals surface area contributed by atoms with E-state index in [-0.39, 0.29) is 31.1 Å². The van der Waals surface area contributed by atoms with Crippen LogP contribution >= 0.6 is 0 Å². The van der Waals surface area contributed by atoms with Crippen molar-refractivity contribution in [3.8, 4) is 17.2 Å². The maximum atomic E-state index is 14.0. The first-order valence-corrected chi connectivity index (χ1v) is 13.0. The summed E-state index contributed by atoms with van der Waals surface area (Å²) < 4.78 is 33.8. The molecule has 0 bridgehead atoms. The number of furan rings is 1. The summed E-state index contributed by atoms with van der Waals surface area (Å²) in [6.45, 7) is 0.112. The number of benzene rings is 2. The van der Waals surface area contributed by atoms with Crippen LogP contribution < -0.4 is 16.0 Å². The summed E-state index contributed by atoms with van der Waals surface area (Å²) in [6.07, 6.45) is -0.652. The van der Waals surface area contributed by atoms with Crippen LogP contribution in [0.1, 0.15) is 54.6 Å². The van der Waals surface area contributed by atoms with Crippen LogP contribution in [0.5, 0.6) is 0 Å². The molecule has 204 valence electrons. The lowest BCUT2D eigenvalue weighted by molar-refractivity contribution is -0.133. The van der Waals surface area contributed by atoms with Crippen molar-refractivity contribution >= 4 is 34.5 Å². The van der Waals surface area contributed by atoms with E-state index in [0.717, 1.165) is 16.7 Å². The van der Waals surface area contributed by atoms with Gasteiger partial charge in [0.1, 0.15) is 29.0 Å². The molecule has 3 aromatic rings. The summed E-state index contributed by atoms with van der Waals surface area (Å²) in [5.74, 6) is -3.91. The van der Waals surface area contributed by atoms with Crippen molar-refractivity contribution < 1.29 is 27.6 Å². The van der Waals surface area contributed by atoms with Crippen molar-refractivity contribution in [2.45, 2.75) is 55.5 Å². The molecule has 0 spiro atoms. The van der Waals surface area contributed by atoms with E-state index in [9.17, 15) is 28.4 Å². The van der Waals surface area contributed by atoms with Crippen molar-refractivity contribution in [2.75, 3.05) is 6.54 Å². The number of carbonyl (C=O) groups excluding carboxylic acids is 3. The zero-order chi connectivity index (χ0) is 28.1. The first kappa shape index (κ1) is 25.7. The summed E-state index contributed by atoms with van der Waals surface area (Å²) in [5.41, 5.74) is 0.363. The average Bonchev–Trinajstić information content (AvgIpc) is 3.36. The summed E-state index contributed by atoms with van der Waals surface area (Å²) >= 11 is 0. The van der Waals surface area contributed by atoms with Gasteiger partial charge in [0, 0.05) is 23.8 Å². The molecular formula is C29H25F2N5O4. The zero-order valence-corrected chi connectivity index (χ0v) is 21.4. The molecule has 3 aliphatic rings. The minimum absolute atomic E-state index is 0.0524. The number of hydrogen-bond acceptors (Lipinski definition) is 6. The number of nitrogens with one attached hydrogen (secondary N) is 3. The Hall–Kier alpha value is -4.59. The molecule has 2 aliphatic carbocycles. The second-order valence-electron chi connectivity index (χ2n) is 10.7. The smallest absolute Gasteiger partial charge is 0.287 e. The highest BCUT2D eigenvalue weighted by Crippen LogP contribution is 2.41. The molecule has 3 N–H and O–H groups in total. The molecule has 1 aliphatic heterocycles. The van der Waals surface area contributed by atoms with Gasteiger partial charge in [-0.25, -0.2) is 8.78 Å². The fourth-order valence-electron chi connectivity index (χ4n) is 5.13. The lowest BCUT2D eigenvalue weighted by atomic mass is 9.78. The van der Waals surface area contributed by atoms with Crippen molar-refractivity contribution in [2.24, 2.45) is 4.99 Å². The Morgan fingerprint density at radius 2 is 1.60 bits per heavy atom. The van der Waals surface area contributed by atoms with Crippen LogP contribution in [0.2, 0.25) is 0 Å². The van der Waals surface area contributed by atoms with Gasteiger partial charge < -0.3 is 20.4 Å². The van der Waals surface area contributed by atoms with Crippen LogP contribution in [0.25, 0.3) is 22.1 Å². The third kappa shape index (κ3) is 4.81. The van der Waals surface area contributed by atoms with Crippen molar-refractivity contribution in [3.05, 3.63) is 59.9 Å². The highest BCUT2D eigenvalue weighted by atomic mass is 19.3. The van der Waals surface area contributed by atoms with Crippen LogP contribution in [-0.2, 0) is 9.59 Å². The maximum absolute atomic E-state index is 14.0. The second kappa shape index (κ2) is 9.26. The maximum Gasteiger partial charge on any atom is 0.287 e. The zero-order valence-electron chi connectivity index (χ0n) is 21.4. The van der Waals surface area contributed by atoms with Gasteiger partial charge in [-0.3, -0.25) is 19.4 Å². The van der Waals surface area contributed by atoms with Crippen LogP contribution in [-0.4, -0.2) is 47.1 Å². The van der Waals surface area contributed by atoms with E-state index in [2.05, 4.69) is 27.0 Å². The largest absolute Gasteiger partial charge is 0.451 e. The van der Waals surface area contributed by atoms with Gasteiger partial charge in [-0.05, 0) is 48.9 Å². The average molecular weight is 546 g/mol. The highest BCUT2D eigenvalue weighted by molar-refractivity contribution is 6.12. The van der Waals surface area contributed by atoms with E-state index >= 15 is 0 Å². The highest BCUT2D eigenvalue weighted by Gasteiger charge is 2.53. The van der Waals surface area contributed by atoms with Crippen LogP contribution in [0.15, 0.2) is 57.9 Å². The molecule has 0 atom stereocenters. The van der Waals surface area contributed by atoms with Crippen molar-refractivity contribution in [1.29, 1.82) is 5.26 Å². The third-order valence-corrected chi connectivity index (χ3v) is 7.81. The number of carbonyl (C=O) groups is 3. The second-order valence-corrected chi connectivity index (χ2v) is 10.7. The van der Waals surface area contributed by atoms with Gasteiger partial charge in [-0.1, -0.05) is 36.4 Å². The van der Waals surface area contributed by atoms with Crippen LogP contribution in [0.3, 0.4) is 0 Å². The number of hydrogen-bond donors (Lipinski definition) is 3. The van der Waals surface area contributed by atoms with Gasteiger partial charge in [-0.2, -0.15) is 5.26 Å². The van der Waals surface area contributed by atoms with E-state index < -0.39 is 41.7 Å². The number of aliphatic imine (C=N–C) groups is 1. The Balaban J connectivity index is 1.22. The van der Waals surface area contributed by atoms with E-state index in [1.165, 1.54) is 0 Å². The monoisotopic (exact) mass is 545 g/mol. The number of nitrogens with zero attached hydrogens (tertiary/aromatic N) is 2. The van der Waals surface area contributed by atoms with Gasteiger partial charge in [0.15, 0.2) is 5.76 Å². The predicted octanol–water partition coefficient (Wildman–Crippen LogP) is 3.83. The summed E-state index contributed by atoms with van der Waals surface area (Å²) in [7, 11) is 0. The summed E-state index contributed by atoms with van der Waals surface area (Å²) in [4.78, 5) is 42.1. The molecule has 2 heterocycles. The number of fused-ring (bicyclic) bond motifs is 1. The van der Waals surface area contributed by atoms with Crippen LogP contribution in [0, 0.1) is 11.3 Å². The number of amidine groups is 1. The molecule has 6 rings (SSSR count). The molecule has 2 aromatic carbocycles. The van der Waals surface area contributed by atoms with Crippen LogP contribution in [0.4, 0.5) is 8.78 Å². The number of alkyl halides is 2. The molecule has 3 amide bonds. The quantitative estimate of drug-likeness (QED) is 0.433. The van der Waals surface area contributed by atoms with Gasteiger partial charge in [0.2, 0.25) is 17.7 Å². The molecule has 40 heavy (non-hydrogen) atoms. The lowest BCUT2D eigenvalue weighted by Gasteiger charge is -2.39. The number of halogens is 2. The van der Waals surface area contributed by atoms with E-state index in [1.807, 2.05) is 30.3 Å². The Kier molecular flexibility index (Phi) is 5.94. The van der Waals surface area contributed by atoms with Gasteiger partial charge in [0.05, 0.1) is 6.07 Å². The first-order valence-electron chi connectivity index (χ1n) is 13.0. The molecule has 2 saturated carbocycles. The Labute approximate surface area is 227 Å². The lowest BCUT2D eigenvalue weighted by Crippen LogP contribution is -2.62. The Morgan fingerprint density at radius 1 is 0.925 bits per heavy atom. The number of nitriles is 1. The minimum atomic E-state index is -2.92. The number of amides is 3. The third-order valence-electron chi connectivity index (χ3n) is 7.81. The Morgan fingerprint density at radius 3 is 2.23 bits per heavy atom. The van der Waals surface area contributed by atoms with Crippen molar-refractivity contribution in [3.63, 3.8) is 0 Å². The Bertz CT molecular complexity index is 1610. The molecule has 0 radical (unpaired) electrons. The fraction of sp³-hybridized carbons (Fsp3) is 0.345. The predicted molar refractivity (Wildman–Crippen MR) is 141 cm³/mol. The molecule has 0 saturated heterocycles. The van der Waals surface area contributed by atoms with Gasteiger partial charge in [-0.15, -0.1) is 0 Å². The normalized spacial score (nSPS) is 20.2. The molecular weight excluding hydrogens is 520 g/mol. The van der Waals surface area contributed by atoms with E-state index in [0.29, 0.717) is 29.6 Å². The van der Waals surface area contributed by atoms with E-state index in [4.69, 9.17) is 4.42 Å². The van der Waals surface area contributed by atoms with Crippen molar-refractivity contribution in [1.82, 2.24) is 16.0 Å². The van der Waals surface area contributed by atoms with Gasteiger partial charge in [0.25, 0.3) is 5.91 Å². The topological polar surface area (TPSA) is 137 Å². The summed E-state index contributed by atoms with van der Waals surface area (Å²) in [5, 5.41) is 18.1. The molecule has 2 fully saturated rings. The molecule has 1 aromatic heterocycles. The molecule has 11 heteroatoms. The molecule has 9 nitrogen and oxygen atoms in total. The summed E-state index contributed by atoms with van der Waals surface area (Å²) in [6, 6.07) is 16.5. The standard InChI is InChI=1S/C29H25F2N5O4/c30-29(31)11-9-28(10-12-29,26(39)36-27(16-32)7-8-27)35-25(38)22-14-20-6-5-19(13-21(20)40-22)17-1-3-18(4-2-17)24-33-15-23(37)34-24/h1-6,13-14H,7-12,15H2,(H,35,38)(H,36,39)(H,33,34,37). The fourth-order valence-corrected chi connectivity index (χ4v) is 5.13. The van der Waals surface area contributed by atoms with Gasteiger partial charge >= 0.3 is 0 Å².